The Labute approximate surface area is 144 Å². The molecule has 0 aliphatic carbocycles. The van der Waals surface area contributed by atoms with Crippen LogP contribution in [0.3, 0.4) is 0 Å². The van der Waals surface area contributed by atoms with E-state index < -0.39 is 5.41 Å². The summed E-state index contributed by atoms with van der Waals surface area (Å²) in [6, 6.07) is 6.74. The average molecular weight is 336 g/mol. The molecule has 1 fully saturated rings. The van der Waals surface area contributed by atoms with E-state index in [0.29, 0.717) is 18.2 Å². The fourth-order valence-corrected chi connectivity index (χ4v) is 3.35. The van der Waals surface area contributed by atoms with Crippen molar-refractivity contribution in [1.29, 1.82) is 0 Å². The molecule has 1 aliphatic heterocycles. The monoisotopic (exact) mass is 336 g/mol. The zero-order valence-electron chi connectivity index (χ0n) is 14.7. The van der Waals surface area contributed by atoms with Crippen molar-refractivity contribution in [3.63, 3.8) is 0 Å². The number of nitrogens with one attached hydrogen (secondary N) is 1. The second kappa shape index (κ2) is 8.58. The highest BCUT2D eigenvalue weighted by molar-refractivity contribution is 5.87. The number of hydrogen-bond acceptors (Lipinski definition) is 3. The zero-order valence-corrected chi connectivity index (χ0v) is 14.7. The summed E-state index contributed by atoms with van der Waals surface area (Å²) in [6.07, 6.45) is 4.09. The van der Waals surface area contributed by atoms with Gasteiger partial charge in [0.05, 0.1) is 12.0 Å². The molecule has 1 unspecified atom stereocenters. The van der Waals surface area contributed by atoms with Crippen molar-refractivity contribution in [2.24, 2.45) is 0 Å². The predicted octanol–water partition coefficient (Wildman–Crippen LogP) is 2.46. The number of benzene rings is 1. The fourth-order valence-electron chi connectivity index (χ4n) is 3.35. The van der Waals surface area contributed by atoms with Crippen LogP contribution in [0.15, 0.2) is 24.3 Å². The number of amides is 1. The third kappa shape index (κ3) is 4.54. The average Bonchev–Trinajstić information content (AvgIpc) is 3.02. The van der Waals surface area contributed by atoms with Crippen LogP contribution in [0.4, 0.5) is 4.39 Å². The molecule has 1 saturated heterocycles. The van der Waals surface area contributed by atoms with E-state index >= 15 is 0 Å². The first-order chi connectivity index (χ1) is 11.5. The normalized spacial score (nSPS) is 18.8. The van der Waals surface area contributed by atoms with Gasteiger partial charge in [-0.3, -0.25) is 9.69 Å². The van der Waals surface area contributed by atoms with Gasteiger partial charge < -0.3 is 10.4 Å². The number of carbonyl (C=O) groups is 1. The number of aliphatic hydroxyl groups excluding tert-OH is 1. The standard InChI is InChI=1S/C19H29FN2O2/c1-19(2,16-9-3-4-10-17(16)20)18(24)21-11-5-6-12-22-13-7-8-15(22)14-23/h3-4,9-10,15,23H,5-8,11-14H2,1-2H3,(H,21,24). The second-order valence-corrected chi connectivity index (χ2v) is 7.08. The lowest BCUT2D eigenvalue weighted by Gasteiger charge is -2.25. The lowest BCUT2D eigenvalue weighted by molar-refractivity contribution is -0.125. The Morgan fingerprint density at radius 2 is 2.12 bits per heavy atom. The van der Waals surface area contributed by atoms with Crippen molar-refractivity contribution in [2.75, 3.05) is 26.2 Å². The van der Waals surface area contributed by atoms with Crippen molar-refractivity contribution in [1.82, 2.24) is 10.2 Å². The fraction of sp³-hybridized carbons (Fsp3) is 0.632. The summed E-state index contributed by atoms with van der Waals surface area (Å²) in [6.45, 7) is 6.32. The van der Waals surface area contributed by atoms with E-state index in [9.17, 15) is 14.3 Å². The third-order valence-electron chi connectivity index (χ3n) is 4.98. The highest BCUT2D eigenvalue weighted by atomic mass is 19.1. The maximum atomic E-state index is 13.9. The molecule has 1 heterocycles. The molecule has 1 atom stereocenters. The summed E-state index contributed by atoms with van der Waals surface area (Å²) < 4.78 is 13.9. The Morgan fingerprint density at radius 3 is 2.83 bits per heavy atom. The van der Waals surface area contributed by atoms with Gasteiger partial charge >= 0.3 is 0 Å². The first-order valence-corrected chi connectivity index (χ1v) is 8.85. The Balaban J connectivity index is 1.74. The maximum absolute atomic E-state index is 13.9. The van der Waals surface area contributed by atoms with Crippen molar-refractivity contribution in [2.45, 2.75) is 51.0 Å². The molecule has 24 heavy (non-hydrogen) atoms. The molecule has 0 radical (unpaired) electrons. The van der Waals surface area contributed by atoms with E-state index in [-0.39, 0.29) is 18.3 Å². The first kappa shape index (κ1) is 18.9. The van der Waals surface area contributed by atoms with Crippen LogP contribution in [0.5, 0.6) is 0 Å². The van der Waals surface area contributed by atoms with Gasteiger partial charge in [0.2, 0.25) is 5.91 Å². The molecule has 1 aromatic carbocycles. The Hall–Kier alpha value is -1.46. The smallest absolute Gasteiger partial charge is 0.230 e. The Kier molecular flexibility index (Phi) is 6.75. The van der Waals surface area contributed by atoms with Crippen LogP contribution in [0, 0.1) is 5.82 Å². The molecule has 0 aromatic heterocycles. The molecular weight excluding hydrogens is 307 g/mol. The highest BCUT2D eigenvalue weighted by Gasteiger charge is 2.31. The molecule has 4 nitrogen and oxygen atoms in total. The molecule has 0 spiro atoms. The van der Waals surface area contributed by atoms with Crippen LogP contribution in [0.25, 0.3) is 0 Å². The van der Waals surface area contributed by atoms with E-state index in [4.69, 9.17) is 0 Å². The van der Waals surface area contributed by atoms with Gasteiger partial charge in [0.25, 0.3) is 0 Å². The van der Waals surface area contributed by atoms with E-state index in [1.165, 1.54) is 6.07 Å². The summed E-state index contributed by atoms with van der Waals surface area (Å²) in [5, 5.41) is 12.2. The van der Waals surface area contributed by atoms with Crippen molar-refractivity contribution >= 4 is 5.91 Å². The van der Waals surface area contributed by atoms with Gasteiger partial charge in [-0.2, -0.15) is 0 Å². The molecule has 0 saturated carbocycles. The summed E-state index contributed by atoms with van der Waals surface area (Å²) in [5.74, 6) is -0.497. The van der Waals surface area contributed by atoms with Crippen LogP contribution in [-0.2, 0) is 10.2 Å². The van der Waals surface area contributed by atoms with E-state index in [0.717, 1.165) is 38.8 Å². The van der Waals surface area contributed by atoms with Crippen LogP contribution >= 0.6 is 0 Å². The number of hydrogen-bond donors (Lipinski definition) is 2. The summed E-state index contributed by atoms with van der Waals surface area (Å²) in [4.78, 5) is 14.7. The summed E-state index contributed by atoms with van der Waals surface area (Å²) in [7, 11) is 0. The molecule has 2 N–H and O–H groups in total. The zero-order chi connectivity index (χ0) is 17.6. The van der Waals surface area contributed by atoms with E-state index in [1.807, 2.05) is 0 Å². The van der Waals surface area contributed by atoms with Crippen molar-refractivity contribution in [3.8, 4) is 0 Å². The van der Waals surface area contributed by atoms with Crippen molar-refractivity contribution < 1.29 is 14.3 Å². The van der Waals surface area contributed by atoms with Gasteiger partial charge in [0.1, 0.15) is 5.82 Å². The molecular formula is C19H29FN2O2. The van der Waals surface area contributed by atoms with Gasteiger partial charge in [-0.25, -0.2) is 4.39 Å². The minimum absolute atomic E-state index is 0.151. The minimum atomic E-state index is -0.887. The van der Waals surface area contributed by atoms with Crippen LogP contribution in [0.1, 0.15) is 45.1 Å². The van der Waals surface area contributed by atoms with Gasteiger partial charge in [-0.15, -0.1) is 0 Å². The molecule has 0 bridgehead atoms. The largest absolute Gasteiger partial charge is 0.395 e. The molecule has 1 aromatic rings. The van der Waals surface area contributed by atoms with Crippen molar-refractivity contribution in [3.05, 3.63) is 35.6 Å². The quantitative estimate of drug-likeness (QED) is 0.717. The Bertz CT molecular complexity index is 548. The van der Waals surface area contributed by atoms with Crippen LogP contribution in [-0.4, -0.2) is 48.2 Å². The molecule has 134 valence electrons. The maximum Gasteiger partial charge on any atom is 0.230 e. The molecule has 5 heteroatoms. The summed E-state index contributed by atoms with van der Waals surface area (Å²) >= 11 is 0. The molecule has 2 rings (SSSR count). The number of likely N-dealkylation sites (tertiary alicyclic amines) is 1. The number of rotatable bonds is 8. The van der Waals surface area contributed by atoms with E-state index in [2.05, 4.69) is 10.2 Å². The lowest BCUT2D eigenvalue weighted by atomic mass is 9.83. The number of carbonyl (C=O) groups excluding carboxylic acids is 1. The number of unbranched alkanes of at least 4 members (excludes halogenated alkanes) is 1. The number of aliphatic hydroxyl groups is 1. The second-order valence-electron chi connectivity index (χ2n) is 7.08. The number of halogens is 1. The lowest BCUT2D eigenvalue weighted by Crippen LogP contribution is -2.41. The third-order valence-corrected chi connectivity index (χ3v) is 4.98. The molecule has 1 amide bonds. The Morgan fingerprint density at radius 1 is 1.38 bits per heavy atom. The highest BCUT2D eigenvalue weighted by Crippen LogP contribution is 2.25. The van der Waals surface area contributed by atoms with Gasteiger partial charge in [0, 0.05) is 18.2 Å². The predicted molar refractivity (Wildman–Crippen MR) is 93.4 cm³/mol. The summed E-state index contributed by atoms with van der Waals surface area (Å²) in [5.41, 5.74) is -0.465. The van der Waals surface area contributed by atoms with E-state index in [1.54, 1.807) is 32.0 Å². The topological polar surface area (TPSA) is 52.6 Å². The van der Waals surface area contributed by atoms with Crippen LogP contribution in [0.2, 0.25) is 0 Å². The van der Waals surface area contributed by atoms with Gasteiger partial charge in [0.15, 0.2) is 0 Å². The minimum Gasteiger partial charge on any atom is -0.395 e. The first-order valence-electron chi connectivity index (χ1n) is 8.85. The SMILES string of the molecule is CC(C)(C(=O)NCCCCN1CCCC1CO)c1ccccc1F. The molecule has 1 aliphatic rings. The number of nitrogens with zero attached hydrogens (tertiary/aromatic N) is 1. The van der Waals surface area contributed by atoms with Gasteiger partial charge in [-0.1, -0.05) is 18.2 Å². The van der Waals surface area contributed by atoms with Gasteiger partial charge in [-0.05, 0) is 58.7 Å². The van der Waals surface area contributed by atoms with Crippen LogP contribution < -0.4 is 5.32 Å².